The van der Waals surface area contributed by atoms with Crippen molar-refractivity contribution in [3.8, 4) is 5.75 Å². The van der Waals surface area contributed by atoms with Gasteiger partial charge in [-0.3, -0.25) is 4.79 Å². The molecule has 1 fully saturated rings. The molecule has 0 aliphatic carbocycles. The predicted octanol–water partition coefficient (Wildman–Crippen LogP) is 3.88. The smallest absolute Gasteiger partial charge is 0.265 e. The van der Waals surface area contributed by atoms with Crippen LogP contribution in [0.4, 0.5) is 5.69 Å². The minimum atomic E-state index is -3.48. The molecule has 29 heavy (non-hydrogen) atoms. The van der Waals surface area contributed by atoms with Crippen LogP contribution in [0.3, 0.4) is 0 Å². The Bertz CT molecular complexity index is 945. The third kappa shape index (κ3) is 5.36. The lowest BCUT2D eigenvalue weighted by Gasteiger charge is -2.25. The summed E-state index contributed by atoms with van der Waals surface area (Å²) in [7, 11) is -3.48. The average molecular weight is 417 g/mol. The van der Waals surface area contributed by atoms with Gasteiger partial charge in [0.2, 0.25) is 10.0 Å². The van der Waals surface area contributed by atoms with Gasteiger partial charge in [-0.25, -0.2) is 8.42 Å². The molecule has 3 rings (SSSR count). The van der Waals surface area contributed by atoms with Crippen LogP contribution < -0.4 is 10.1 Å². The van der Waals surface area contributed by atoms with Crippen LogP contribution in [0.15, 0.2) is 47.4 Å². The summed E-state index contributed by atoms with van der Waals surface area (Å²) < 4.78 is 32.7. The van der Waals surface area contributed by atoms with Gasteiger partial charge in [0.1, 0.15) is 5.75 Å². The Hall–Kier alpha value is -2.38. The molecule has 7 heteroatoms. The highest BCUT2D eigenvalue weighted by molar-refractivity contribution is 7.89. The molecule has 0 bridgehead atoms. The third-order valence-electron chi connectivity index (χ3n) is 4.95. The molecule has 1 aliphatic rings. The first-order valence-corrected chi connectivity index (χ1v) is 11.4. The van der Waals surface area contributed by atoms with Gasteiger partial charge in [0.05, 0.1) is 4.90 Å². The van der Waals surface area contributed by atoms with E-state index >= 15 is 0 Å². The molecule has 1 atom stereocenters. The highest BCUT2D eigenvalue weighted by Crippen LogP contribution is 2.22. The SMILES string of the molecule is Cc1cc(C)cc(O[C@@H](C)C(=O)Nc2ccc(S(=O)(=O)N3CCCCC3)cc2)c1. The maximum absolute atomic E-state index is 12.7. The number of rotatable bonds is 6. The van der Waals surface area contributed by atoms with Crippen molar-refractivity contribution in [2.24, 2.45) is 0 Å². The van der Waals surface area contributed by atoms with Crippen LogP contribution in [0.1, 0.15) is 37.3 Å². The quantitative estimate of drug-likeness (QED) is 0.775. The van der Waals surface area contributed by atoms with E-state index in [0.29, 0.717) is 24.5 Å². The van der Waals surface area contributed by atoms with E-state index in [1.165, 1.54) is 16.4 Å². The Labute approximate surface area is 172 Å². The monoisotopic (exact) mass is 416 g/mol. The highest BCUT2D eigenvalue weighted by atomic mass is 32.2. The van der Waals surface area contributed by atoms with E-state index in [9.17, 15) is 13.2 Å². The Morgan fingerprint density at radius 3 is 2.17 bits per heavy atom. The number of hydrogen-bond acceptors (Lipinski definition) is 4. The predicted molar refractivity (Wildman–Crippen MR) is 114 cm³/mol. The Morgan fingerprint density at radius 2 is 1.59 bits per heavy atom. The molecule has 1 N–H and O–H groups in total. The zero-order valence-corrected chi connectivity index (χ0v) is 18.0. The van der Waals surface area contributed by atoms with Crippen LogP contribution in [0.25, 0.3) is 0 Å². The summed E-state index contributed by atoms with van der Waals surface area (Å²) in [5.41, 5.74) is 2.67. The van der Waals surface area contributed by atoms with Crippen molar-refractivity contribution in [3.05, 3.63) is 53.6 Å². The summed E-state index contributed by atoms with van der Waals surface area (Å²) >= 11 is 0. The van der Waals surface area contributed by atoms with E-state index in [2.05, 4.69) is 5.32 Å². The van der Waals surface area contributed by atoms with Crippen LogP contribution in [-0.4, -0.2) is 37.8 Å². The molecule has 1 amide bonds. The average Bonchev–Trinajstić information content (AvgIpc) is 2.68. The van der Waals surface area contributed by atoms with Crippen molar-refractivity contribution in [2.75, 3.05) is 18.4 Å². The van der Waals surface area contributed by atoms with Crippen LogP contribution >= 0.6 is 0 Å². The zero-order chi connectivity index (χ0) is 21.0. The van der Waals surface area contributed by atoms with Gasteiger partial charge in [-0.15, -0.1) is 0 Å². The Kier molecular flexibility index (Phi) is 6.59. The minimum absolute atomic E-state index is 0.247. The van der Waals surface area contributed by atoms with E-state index in [0.717, 1.165) is 30.4 Å². The summed E-state index contributed by atoms with van der Waals surface area (Å²) in [6.45, 7) is 6.76. The summed E-state index contributed by atoms with van der Waals surface area (Å²) in [4.78, 5) is 12.7. The van der Waals surface area contributed by atoms with Gasteiger partial charge < -0.3 is 10.1 Å². The molecule has 0 aromatic heterocycles. The molecule has 0 saturated carbocycles. The summed E-state index contributed by atoms with van der Waals surface area (Å²) in [5.74, 6) is 0.351. The van der Waals surface area contributed by atoms with E-state index in [1.54, 1.807) is 19.1 Å². The fourth-order valence-corrected chi connectivity index (χ4v) is 4.98. The summed E-state index contributed by atoms with van der Waals surface area (Å²) in [5, 5.41) is 2.78. The molecule has 0 radical (unpaired) electrons. The Balaban J connectivity index is 1.63. The number of sulfonamides is 1. The third-order valence-corrected chi connectivity index (χ3v) is 6.86. The number of ether oxygens (including phenoxy) is 1. The number of carbonyl (C=O) groups excluding carboxylic acids is 1. The number of nitrogens with zero attached hydrogens (tertiary/aromatic N) is 1. The van der Waals surface area contributed by atoms with E-state index < -0.39 is 16.1 Å². The van der Waals surface area contributed by atoms with Crippen LogP contribution in [0.2, 0.25) is 0 Å². The zero-order valence-electron chi connectivity index (χ0n) is 17.1. The molecule has 0 unspecified atom stereocenters. The van der Waals surface area contributed by atoms with E-state index in [-0.39, 0.29) is 10.8 Å². The summed E-state index contributed by atoms with van der Waals surface area (Å²) in [6.07, 6.45) is 2.17. The number of aryl methyl sites for hydroxylation is 2. The fourth-order valence-electron chi connectivity index (χ4n) is 3.47. The Morgan fingerprint density at radius 1 is 1.00 bits per heavy atom. The van der Waals surface area contributed by atoms with E-state index in [1.807, 2.05) is 32.0 Å². The molecule has 1 saturated heterocycles. The molecule has 2 aromatic rings. The van der Waals surface area contributed by atoms with Gasteiger partial charge in [-0.05, 0) is 81.1 Å². The normalized spacial score (nSPS) is 16.2. The lowest BCUT2D eigenvalue weighted by Crippen LogP contribution is -2.35. The number of piperidine rings is 1. The number of anilines is 1. The number of nitrogens with one attached hydrogen (secondary N) is 1. The number of carbonyl (C=O) groups is 1. The lowest BCUT2D eigenvalue weighted by atomic mass is 10.1. The number of hydrogen-bond donors (Lipinski definition) is 1. The molecule has 2 aromatic carbocycles. The van der Waals surface area contributed by atoms with Crippen molar-refractivity contribution >= 4 is 21.6 Å². The van der Waals surface area contributed by atoms with Crippen LogP contribution in [-0.2, 0) is 14.8 Å². The van der Waals surface area contributed by atoms with Crippen molar-refractivity contribution in [1.29, 1.82) is 0 Å². The maximum Gasteiger partial charge on any atom is 0.265 e. The second kappa shape index (κ2) is 8.97. The second-order valence-electron chi connectivity index (χ2n) is 7.56. The molecular weight excluding hydrogens is 388 g/mol. The van der Waals surface area contributed by atoms with Gasteiger partial charge >= 0.3 is 0 Å². The van der Waals surface area contributed by atoms with Crippen molar-refractivity contribution in [1.82, 2.24) is 4.31 Å². The lowest BCUT2D eigenvalue weighted by molar-refractivity contribution is -0.122. The van der Waals surface area contributed by atoms with Crippen LogP contribution in [0, 0.1) is 13.8 Å². The fraction of sp³-hybridized carbons (Fsp3) is 0.409. The van der Waals surface area contributed by atoms with Crippen LogP contribution in [0.5, 0.6) is 5.75 Å². The molecule has 1 aliphatic heterocycles. The highest BCUT2D eigenvalue weighted by Gasteiger charge is 2.25. The minimum Gasteiger partial charge on any atom is -0.481 e. The largest absolute Gasteiger partial charge is 0.481 e. The number of benzene rings is 2. The van der Waals surface area contributed by atoms with Gasteiger partial charge in [-0.2, -0.15) is 4.31 Å². The van der Waals surface area contributed by atoms with Crippen molar-refractivity contribution in [2.45, 2.75) is 51.0 Å². The van der Waals surface area contributed by atoms with Crippen molar-refractivity contribution in [3.63, 3.8) is 0 Å². The molecule has 1 heterocycles. The summed E-state index contributed by atoms with van der Waals surface area (Å²) in [6, 6.07) is 12.1. The van der Waals surface area contributed by atoms with E-state index in [4.69, 9.17) is 4.74 Å². The van der Waals surface area contributed by atoms with Gasteiger partial charge in [0.15, 0.2) is 6.10 Å². The molecule has 0 spiro atoms. The second-order valence-corrected chi connectivity index (χ2v) is 9.50. The topological polar surface area (TPSA) is 75.7 Å². The van der Waals surface area contributed by atoms with Crippen molar-refractivity contribution < 1.29 is 17.9 Å². The molecule has 156 valence electrons. The first kappa shape index (κ1) is 21.3. The maximum atomic E-state index is 12.7. The van der Waals surface area contributed by atoms with Gasteiger partial charge in [0.25, 0.3) is 5.91 Å². The molecular formula is C22H28N2O4S. The first-order valence-electron chi connectivity index (χ1n) is 9.92. The number of amides is 1. The standard InChI is InChI=1S/C22H28N2O4S/c1-16-13-17(2)15-20(14-16)28-18(3)22(25)23-19-7-9-21(10-8-19)29(26,27)24-11-5-4-6-12-24/h7-10,13-15,18H,4-6,11-12H2,1-3H3,(H,23,25)/t18-/m0/s1. The van der Waals surface area contributed by atoms with Gasteiger partial charge in [-0.1, -0.05) is 12.5 Å². The first-order chi connectivity index (χ1) is 13.8. The van der Waals surface area contributed by atoms with Gasteiger partial charge in [0, 0.05) is 18.8 Å². The molecule has 6 nitrogen and oxygen atoms in total.